The third-order valence-electron chi connectivity index (χ3n) is 8.29. The second kappa shape index (κ2) is 8.41. The summed E-state index contributed by atoms with van der Waals surface area (Å²) in [5.41, 5.74) is 1.72. The molecule has 0 spiro atoms. The van der Waals surface area contributed by atoms with Gasteiger partial charge in [0.15, 0.2) is 0 Å². The summed E-state index contributed by atoms with van der Waals surface area (Å²) >= 11 is 0. The summed E-state index contributed by atoms with van der Waals surface area (Å²) < 4.78 is 6.14. The van der Waals surface area contributed by atoms with Crippen molar-refractivity contribution < 1.29 is 23.9 Å². The summed E-state index contributed by atoms with van der Waals surface area (Å²) in [6, 6.07) is 23.2. The van der Waals surface area contributed by atoms with Crippen molar-refractivity contribution in [2.75, 3.05) is 4.90 Å². The summed E-state index contributed by atoms with van der Waals surface area (Å²) in [4.78, 5) is 45.9. The maximum Gasteiger partial charge on any atom is 0.325 e. The van der Waals surface area contributed by atoms with Gasteiger partial charge in [0.1, 0.15) is 16.9 Å². The summed E-state index contributed by atoms with van der Waals surface area (Å²) in [6.07, 6.45) is 1.78. The number of aryl methyl sites for hydroxylation is 1. The number of benzene rings is 3. The number of amides is 2. The van der Waals surface area contributed by atoms with E-state index in [1.165, 1.54) is 4.90 Å². The SMILES string of the molecule is Cc1ccccc1N1C(=O)C2C(c3cc4ccccc4o3)NC(Cc3c[nH]c4ccccc34)(C(=O)O)C2C1=O. The number of anilines is 1. The van der Waals surface area contributed by atoms with Crippen LogP contribution in [0.4, 0.5) is 5.69 Å². The molecule has 39 heavy (non-hydrogen) atoms. The van der Waals surface area contributed by atoms with Crippen molar-refractivity contribution >= 4 is 45.3 Å². The van der Waals surface area contributed by atoms with Gasteiger partial charge in [-0.05, 0) is 42.3 Å². The van der Waals surface area contributed by atoms with E-state index in [1.54, 1.807) is 18.3 Å². The van der Waals surface area contributed by atoms with Crippen LogP contribution in [0, 0.1) is 18.8 Å². The van der Waals surface area contributed by atoms with Gasteiger partial charge in [0.25, 0.3) is 0 Å². The summed E-state index contributed by atoms with van der Waals surface area (Å²) in [7, 11) is 0. The Labute approximate surface area is 223 Å². The highest BCUT2D eigenvalue weighted by atomic mass is 16.4. The highest BCUT2D eigenvalue weighted by Gasteiger charge is 2.69. The van der Waals surface area contributed by atoms with Crippen LogP contribution in [0.25, 0.3) is 21.9 Å². The van der Waals surface area contributed by atoms with Gasteiger partial charge in [0, 0.05) is 28.9 Å². The lowest BCUT2D eigenvalue weighted by molar-refractivity contribution is -0.148. The average molecular weight is 520 g/mol. The van der Waals surface area contributed by atoms with E-state index in [0.29, 0.717) is 17.0 Å². The first-order valence-corrected chi connectivity index (χ1v) is 12.9. The Hall–Kier alpha value is -4.69. The standard InChI is InChI=1S/C31H25N3O5/c1-17-8-2-6-12-22(17)34-28(35)25-26(29(34)36)31(30(37)38,15-19-16-32-21-11-5-4-10-20(19)21)33-27(25)24-14-18-9-3-7-13-23(18)39-24/h2-14,16,25-27,32-33H,15H2,1H3,(H,37,38). The van der Waals surface area contributed by atoms with E-state index in [2.05, 4.69) is 10.3 Å². The van der Waals surface area contributed by atoms with E-state index in [-0.39, 0.29) is 6.42 Å². The lowest BCUT2D eigenvalue weighted by atomic mass is 9.76. The van der Waals surface area contributed by atoms with Crippen molar-refractivity contribution in [1.82, 2.24) is 10.3 Å². The first-order valence-electron chi connectivity index (χ1n) is 12.9. The molecule has 2 amide bonds. The van der Waals surface area contributed by atoms with Crippen molar-refractivity contribution in [2.45, 2.75) is 24.9 Å². The number of carboxylic acids is 1. The maximum atomic E-state index is 14.2. The van der Waals surface area contributed by atoms with Gasteiger partial charge in [-0.1, -0.05) is 54.6 Å². The number of fused-ring (bicyclic) bond motifs is 3. The molecule has 2 aromatic heterocycles. The number of carbonyl (C=O) groups is 3. The van der Waals surface area contributed by atoms with Crippen LogP contribution in [-0.4, -0.2) is 33.4 Å². The summed E-state index contributed by atoms with van der Waals surface area (Å²) in [6.45, 7) is 1.83. The molecule has 0 bridgehead atoms. The van der Waals surface area contributed by atoms with Gasteiger partial charge in [0.2, 0.25) is 11.8 Å². The number of imide groups is 1. The van der Waals surface area contributed by atoms with Crippen LogP contribution in [0.5, 0.6) is 0 Å². The van der Waals surface area contributed by atoms with Crippen LogP contribution in [0.3, 0.4) is 0 Å². The van der Waals surface area contributed by atoms with Crippen LogP contribution in [0.15, 0.2) is 89.5 Å². The van der Waals surface area contributed by atoms with Gasteiger partial charge < -0.3 is 14.5 Å². The van der Waals surface area contributed by atoms with Crippen LogP contribution in [-0.2, 0) is 20.8 Å². The molecule has 4 unspecified atom stereocenters. The molecule has 2 aliphatic heterocycles. The zero-order valence-electron chi connectivity index (χ0n) is 21.0. The third-order valence-corrected chi connectivity index (χ3v) is 8.29. The Bertz CT molecular complexity index is 1770. The molecule has 0 radical (unpaired) electrons. The van der Waals surface area contributed by atoms with Gasteiger partial charge in [-0.15, -0.1) is 0 Å². The van der Waals surface area contributed by atoms with Gasteiger partial charge in [-0.25, -0.2) is 4.90 Å². The number of aliphatic carboxylic acids is 1. The highest BCUT2D eigenvalue weighted by molar-refractivity contribution is 6.24. The van der Waals surface area contributed by atoms with Gasteiger partial charge in [-0.3, -0.25) is 19.7 Å². The minimum Gasteiger partial charge on any atom is -0.480 e. The second-order valence-electron chi connectivity index (χ2n) is 10.4. The molecular weight excluding hydrogens is 494 g/mol. The Balaban J connectivity index is 1.41. The molecular formula is C31H25N3O5. The number of nitrogens with one attached hydrogen (secondary N) is 2. The molecule has 7 rings (SSSR count). The van der Waals surface area contributed by atoms with Crippen molar-refractivity contribution in [3.8, 4) is 0 Å². The maximum absolute atomic E-state index is 14.2. The topological polar surface area (TPSA) is 116 Å². The molecule has 2 fully saturated rings. The van der Waals surface area contributed by atoms with E-state index < -0.39 is 41.2 Å². The smallest absolute Gasteiger partial charge is 0.325 e. The van der Waals surface area contributed by atoms with Crippen molar-refractivity contribution in [3.05, 3.63) is 102 Å². The number of carbonyl (C=O) groups excluding carboxylic acids is 2. The fourth-order valence-corrected chi connectivity index (χ4v) is 6.47. The van der Waals surface area contributed by atoms with Crippen molar-refractivity contribution in [1.29, 1.82) is 0 Å². The lowest BCUT2D eigenvalue weighted by Crippen LogP contribution is -2.57. The largest absolute Gasteiger partial charge is 0.480 e. The molecule has 8 nitrogen and oxygen atoms in total. The number of H-pyrrole nitrogens is 1. The van der Waals surface area contributed by atoms with E-state index in [9.17, 15) is 19.5 Å². The number of rotatable bonds is 5. The second-order valence-corrected chi connectivity index (χ2v) is 10.4. The third kappa shape index (κ3) is 3.31. The fourth-order valence-electron chi connectivity index (χ4n) is 6.47. The lowest BCUT2D eigenvalue weighted by Gasteiger charge is -2.31. The first kappa shape index (κ1) is 23.4. The minimum absolute atomic E-state index is 0.00483. The van der Waals surface area contributed by atoms with E-state index in [1.807, 2.05) is 73.7 Å². The summed E-state index contributed by atoms with van der Waals surface area (Å²) in [5, 5.41) is 15.8. The van der Waals surface area contributed by atoms with Gasteiger partial charge >= 0.3 is 5.97 Å². The molecule has 3 N–H and O–H groups in total. The van der Waals surface area contributed by atoms with E-state index in [4.69, 9.17) is 4.42 Å². The zero-order valence-corrected chi connectivity index (χ0v) is 21.0. The molecule has 5 aromatic rings. The number of aromatic amines is 1. The van der Waals surface area contributed by atoms with Crippen LogP contribution < -0.4 is 10.2 Å². The van der Waals surface area contributed by atoms with Gasteiger partial charge in [0.05, 0.1) is 23.6 Å². The zero-order chi connectivity index (χ0) is 26.9. The van der Waals surface area contributed by atoms with Gasteiger partial charge in [-0.2, -0.15) is 0 Å². The fraction of sp³-hybridized carbons (Fsp3) is 0.194. The number of nitrogens with zero attached hydrogens (tertiary/aromatic N) is 1. The molecule has 0 aliphatic carbocycles. The number of aromatic nitrogens is 1. The Morgan fingerprint density at radius 1 is 1.00 bits per heavy atom. The molecule has 3 aromatic carbocycles. The van der Waals surface area contributed by atoms with Crippen molar-refractivity contribution in [3.63, 3.8) is 0 Å². The number of hydrogen-bond acceptors (Lipinski definition) is 5. The Morgan fingerprint density at radius 3 is 2.54 bits per heavy atom. The number of hydrogen-bond donors (Lipinski definition) is 3. The quantitative estimate of drug-likeness (QED) is 0.289. The van der Waals surface area contributed by atoms with Crippen molar-refractivity contribution in [2.24, 2.45) is 11.8 Å². The van der Waals surface area contributed by atoms with Crippen LogP contribution in [0.1, 0.15) is 22.9 Å². The molecule has 8 heteroatoms. The average Bonchev–Trinajstić information content (AvgIpc) is 3.68. The first-order chi connectivity index (χ1) is 18.9. The number of furan rings is 1. The Morgan fingerprint density at radius 2 is 1.74 bits per heavy atom. The molecule has 2 aliphatic rings. The Kier molecular flexibility index (Phi) is 5.05. The van der Waals surface area contributed by atoms with Crippen LogP contribution >= 0.6 is 0 Å². The molecule has 2 saturated heterocycles. The van der Waals surface area contributed by atoms with Crippen LogP contribution in [0.2, 0.25) is 0 Å². The summed E-state index contributed by atoms with van der Waals surface area (Å²) in [5.74, 6) is -3.81. The highest BCUT2D eigenvalue weighted by Crippen LogP contribution is 2.52. The molecule has 4 heterocycles. The monoisotopic (exact) mass is 519 g/mol. The minimum atomic E-state index is -1.75. The van der Waals surface area contributed by atoms with E-state index in [0.717, 1.165) is 27.4 Å². The van der Waals surface area contributed by atoms with E-state index >= 15 is 0 Å². The molecule has 194 valence electrons. The predicted molar refractivity (Wildman–Crippen MR) is 145 cm³/mol. The molecule has 4 atom stereocenters. The number of para-hydroxylation sites is 3. The number of carboxylic acid groups (broad SMARTS) is 1. The molecule has 0 saturated carbocycles. The normalized spacial score (nSPS) is 24.6. The predicted octanol–water partition coefficient (Wildman–Crippen LogP) is 4.74.